The molecule has 4 rings (SSSR count). The number of nitrogens with zero attached hydrogens (tertiary/aromatic N) is 1. The van der Waals surface area contributed by atoms with Gasteiger partial charge in [0, 0.05) is 11.8 Å². The second-order valence-electron chi connectivity index (χ2n) is 6.20. The highest BCUT2D eigenvalue weighted by molar-refractivity contribution is 6.12. The Bertz CT molecular complexity index is 970. The van der Waals surface area contributed by atoms with Crippen molar-refractivity contribution in [2.45, 2.75) is 13.2 Å². The lowest BCUT2D eigenvalue weighted by atomic mass is 10.1. The molecule has 3 aromatic rings. The summed E-state index contributed by atoms with van der Waals surface area (Å²) in [5.74, 6) is 1.42. The number of carbonyl (C=O) groups excluding carboxylic acids is 1. The zero-order valence-corrected chi connectivity index (χ0v) is 14.5. The summed E-state index contributed by atoms with van der Waals surface area (Å²) >= 11 is 0. The van der Waals surface area contributed by atoms with Gasteiger partial charge in [-0.2, -0.15) is 0 Å². The monoisotopic (exact) mass is 345 g/mol. The van der Waals surface area contributed by atoms with E-state index in [1.807, 2.05) is 77.5 Å². The zero-order valence-electron chi connectivity index (χ0n) is 14.5. The first-order valence-electron chi connectivity index (χ1n) is 8.50. The molecule has 0 unspecified atom stereocenters. The van der Waals surface area contributed by atoms with Crippen LogP contribution >= 0.6 is 0 Å². The number of allylic oxidation sites excluding steroid dienone is 1. The lowest BCUT2D eigenvalue weighted by Crippen LogP contribution is -1.98. The van der Waals surface area contributed by atoms with Crippen LogP contribution in [0.15, 0.2) is 72.4 Å². The number of ketones is 1. The van der Waals surface area contributed by atoms with Crippen LogP contribution in [-0.4, -0.2) is 17.5 Å². The van der Waals surface area contributed by atoms with Crippen molar-refractivity contribution in [1.29, 1.82) is 0 Å². The maximum absolute atomic E-state index is 12.4. The lowest BCUT2D eigenvalue weighted by molar-refractivity contribution is 0.103. The third kappa shape index (κ3) is 3.14. The highest BCUT2D eigenvalue weighted by atomic mass is 16.5. The summed E-state index contributed by atoms with van der Waals surface area (Å²) < 4.78 is 13.3. The number of rotatable bonds is 5. The van der Waals surface area contributed by atoms with E-state index in [0.29, 0.717) is 24.7 Å². The summed E-state index contributed by atoms with van der Waals surface area (Å²) in [6.07, 6.45) is 3.84. The minimum atomic E-state index is 0.0818. The Morgan fingerprint density at radius 3 is 2.65 bits per heavy atom. The second kappa shape index (κ2) is 6.92. The van der Waals surface area contributed by atoms with Gasteiger partial charge in [-0.25, -0.2) is 0 Å². The summed E-state index contributed by atoms with van der Waals surface area (Å²) in [6, 6.07) is 19.5. The highest BCUT2D eigenvalue weighted by Crippen LogP contribution is 2.31. The first-order valence-corrected chi connectivity index (χ1v) is 8.50. The lowest BCUT2D eigenvalue weighted by Gasteiger charge is -2.11. The molecule has 1 aliphatic rings. The highest BCUT2D eigenvalue weighted by Gasteiger charge is 2.23. The molecular formula is C22H19NO3. The van der Waals surface area contributed by atoms with Gasteiger partial charge in [0.2, 0.25) is 5.78 Å². The Kier molecular flexibility index (Phi) is 4.32. The van der Waals surface area contributed by atoms with Gasteiger partial charge >= 0.3 is 0 Å². The number of benzene rings is 2. The number of hydrogen-bond donors (Lipinski definition) is 0. The fraction of sp³-hybridized carbons (Fsp3) is 0.136. The molecule has 0 N–H and O–H groups in total. The van der Waals surface area contributed by atoms with Crippen molar-refractivity contribution in [1.82, 2.24) is 4.57 Å². The molecule has 4 heteroatoms. The van der Waals surface area contributed by atoms with E-state index in [1.54, 1.807) is 7.11 Å². The van der Waals surface area contributed by atoms with Crippen molar-refractivity contribution in [3.05, 3.63) is 89.3 Å². The van der Waals surface area contributed by atoms with Gasteiger partial charge in [-0.05, 0) is 41.5 Å². The molecule has 0 spiro atoms. The number of Topliss-reactive ketones (excluding diaryl/α,β-unsaturated/α-hetero) is 1. The quantitative estimate of drug-likeness (QED) is 0.645. The van der Waals surface area contributed by atoms with E-state index in [0.717, 1.165) is 22.4 Å². The van der Waals surface area contributed by atoms with E-state index < -0.39 is 0 Å². The minimum absolute atomic E-state index is 0.0818. The maximum Gasteiger partial charge on any atom is 0.207 e. The van der Waals surface area contributed by atoms with Crippen molar-refractivity contribution in [3.63, 3.8) is 0 Å². The molecule has 0 saturated heterocycles. The largest absolute Gasteiger partial charge is 0.493 e. The van der Waals surface area contributed by atoms with E-state index in [9.17, 15) is 4.79 Å². The van der Waals surface area contributed by atoms with Crippen molar-refractivity contribution in [2.24, 2.45) is 0 Å². The molecule has 0 atom stereocenters. The second-order valence-corrected chi connectivity index (χ2v) is 6.20. The molecule has 26 heavy (non-hydrogen) atoms. The molecule has 0 aliphatic carbocycles. The molecule has 1 aromatic heterocycles. The van der Waals surface area contributed by atoms with Gasteiger partial charge in [0.25, 0.3) is 0 Å². The molecule has 0 saturated carbocycles. The average Bonchev–Trinajstić information content (AvgIpc) is 3.25. The van der Waals surface area contributed by atoms with E-state index in [1.165, 1.54) is 0 Å². The molecule has 2 heterocycles. The van der Waals surface area contributed by atoms with Crippen LogP contribution < -0.4 is 9.47 Å². The number of fused-ring (bicyclic) bond motifs is 1. The summed E-state index contributed by atoms with van der Waals surface area (Å²) in [4.78, 5) is 12.4. The van der Waals surface area contributed by atoms with Crippen molar-refractivity contribution in [2.75, 3.05) is 7.11 Å². The van der Waals surface area contributed by atoms with Crippen LogP contribution in [0.2, 0.25) is 0 Å². The minimum Gasteiger partial charge on any atom is -0.493 e. The van der Waals surface area contributed by atoms with Crippen LogP contribution in [0.4, 0.5) is 0 Å². The van der Waals surface area contributed by atoms with E-state index in [-0.39, 0.29) is 5.78 Å². The van der Waals surface area contributed by atoms with Gasteiger partial charge in [0.1, 0.15) is 6.61 Å². The van der Waals surface area contributed by atoms with Gasteiger partial charge in [-0.15, -0.1) is 0 Å². The van der Waals surface area contributed by atoms with E-state index >= 15 is 0 Å². The van der Waals surface area contributed by atoms with Crippen LogP contribution in [0.25, 0.3) is 6.08 Å². The molecule has 0 bridgehead atoms. The number of methoxy groups -OCH3 is 1. The van der Waals surface area contributed by atoms with Gasteiger partial charge < -0.3 is 14.0 Å². The average molecular weight is 345 g/mol. The summed E-state index contributed by atoms with van der Waals surface area (Å²) in [7, 11) is 1.62. The fourth-order valence-electron chi connectivity index (χ4n) is 3.12. The van der Waals surface area contributed by atoms with Crippen LogP contribution in [-0.2, 0) is 13.2 Å². The maximum atomic E-state index is 12.4. The Morgan fingerprint density at radius 1 is 1.04 bits per heavy atom. The smallest absolute Gasteiger partial charge is 0.207 e. The van der Waals surface area contributed by atoms with Gasteiger partial charge in [-0.1, -0.05) is 36.4 Å². The molecule has 0 amide bonds. The molecule has 2 aromatic carbocycles. The molecule has 1 aliphatic heterocycles. The molecule has 4 nitrogen and oxygen atoms in total. The van der Waals surface area contributed by atoms with Gasteiger partial charge in [-0.3, -0.25) is 4.79 Å². The van der Waals surface area contributed by atoms with Crippen LogP contribution in [0, 0.1) is 0 Å². The predicted octanol–water partition coefficient (Wildman–Crippen LogP) is 4.36. The number of aromatic nitrogens is 1. The number of hydrogen-bond acceptors (Lipinski definition) is 3. The molecular weight excluding hydrogens is 326 g/mol. The molecule has 0 fully saturated rings. The van der Waals surface area contributed by atoms with Crippen molar-refractivity contribution < 1.29 is 14.3 Å². The normalized spacial score (nSPS) is 14.5. The van der Waals surface area contributed by atoms with Gasteiger partial charge in [0.15, 0.2) is 11.5 Å². The van der Waals surface area contributed by atoms with Crippen molar-refractivity contribution in [3.8, 4) is 11.5 Å². The third-order valence-corrected chi connectivity index (χ3v) is 4.46. The van der Waals surface area contributed by atoms with Crippen LogP contribution in [0.5, 0.6) is 11.5 Å². The van der Waals surface area contributed by atoms with Gasteiger partial charge in [0.05, 0.1) is 19.3 Å². The SMILES string of the molecule is COc1cc(/C=C2/Cn3cccc3C2=O)ccc1OCc1ccccc1. The Hall–Kier alpha value is -3.27. The Morgan fingerprint density at radius 2 is 1.88 bits per heavy atom. The predicted molar refractivity (Wildman–Crippen MR) is 101 cm³/mol. The summed E-state index contributed by atoms with van der Waals surface area (Å²) in [5, 5.41) is 0. The zero-order chi connectivity index (χ0) is 17.9. The molecule has 130 valence electrons. The topological polar surface area (TPSA) is 40.5 Å². The summed E-state index contributed by atoms with van der Waals surface area (Å²) in [5.41, 5.74) is 3.54. The standard InChI is InChI=1S/C22H19NO3/c1-25-21-13-17(12-18-14-23-11-5-8-19(23)22(18)24)9-10-20(21)26-15-16-6-3-2-4-7-16/h2-13H,14-15H2,1H3/b18-12-. The van der Waals surface area contributed by atoms with E-state index in [4.69, 9.17) is 9.47 Å². The Labute approximate surface area is 152 Å². The van der Waals surface area contributed by atoms with Crippen molar-refractivity contribution >= 4 is 11.9 Å². The molecule has 0 radical (unpaired) electrons. The number of ether oxygens (including phenoxy) is 2. The third-order valence-electron chi connectivity index (χ3n) is 4.46. The Balaban J connectivity index is 1.53. The summed E-state index contributed by atoms with van der Waals surface area (Å²) in [6.45, 7) is 1.08. The van der Waals surface area contributed by atoms with Crippen LogP contribution in [0.3, 0.4) is 0 Å². The first kappa shape index (κ1) is 16.2. The fourth-order valence-corrected chi connectivity index (χ4v) is 3.12. The van der Waals surface area contributed by atoms with E-state index in [2.05, 4.69) is 0 Å². The number of carbonyl (C=O) groups is 1. The first-order chi connectivity index (χ1) is 12.7. The van der Waals surface area contributed by atoms with Crippen LogP contribution in [0.1, 0.15) is 21.6 Å².